The van der Waals surface area contributed by atoms with Gasteiger partial charge in [0, 0.05) is 12.1 Å². The van der Waals surface area contributed by atoms with Crippen molar-refractivity contribution in [3.63, 3.8) is 0 Å². The highest BCUT2D eigenvalue weighted by Crippen LogP contribution is 2.20. The van der Waals surface area contributed by atoms with Gasteiger partial charge >= 0.3 is 0 Å². The molecule has 1 saturated heterocycles. The fourth-order valence-electron chi connectivity index (χ4n) is 2.75. The molecule has 114 valence electrons. The van der Waals surface area contributed by atoms with Crippen LogP contribution in [0.1, 0.15) is 27.0 Å². The van der Waals surface area contributed by atoms with Crippen molar-refractivity contribution in [2.24, 2.45) is 10.9 Å². The van der Waals surface area contributed by atoms with Crippen LogP contribution in [0.2, 0.25) is 0 Å². The minimum absolute atomic E-state index is 0.00940. The second kappa shape index (κ2) is 6.13. The summed E-state index contributed by atoms with van der Waals surface area (Å²) < 4.78 is 5.42. The van der Waals surface area contributed by atoms with E-state index in [1.54, 1.807) is 4.90 Å². The fourth-order valence-corrected chi connectivity index (χ4v) is 2.75. The summed E-state index contributed by atoms with van der Waals surface area (Å²) in [5, 5.41) is 11.7. The van der Waals surface area contributed by atoms with Gasteiger partial charge in [-0.2, -0.15) is 0 Å². The van der Waals surface area contributed by atoms with E-state index in [4.69, 9.17) is 15.7 Å². The van der Waals surface area contributed by atoms with Crippen molar-refractivity contribution >= 4 is 11.7 Å². The first-order chi connectivity index (χ1) is 9.93. The number of carbonyl (C=O) groups is 1. The van der Waals surface area contributed by atoms with Crippen molar-refractivity contribution in [2.45, 2.75) is 26.9 Å². The number of carbonyl (C=O) groups excluding carboxylic acids is 1. The van der Waals surface area contributed by atoms with Crippen LogP contribution in [0.4, 0.5) is 0 Å². The number of hydrogen-bond donors (Lipinski definition) is 2. The summed E-state index contributed by atoms with van der Waals surface area (Å²) in [5.74, 6) is -0.0473. The van der Waals surface area contributed by atoms with Gasteiger partial charge in [-0.25, -0.2) is 0 Å². The fraction of sp³-hybridized carbons (Fsp3) is 0.467. The van der Waals surface area contributed by atoms with Crippen molar-refractivity contribution in [2.75, 3.05) is 19.7 Å². The highest BCUT2D eigenvalue weighted by molar-refractivity contribution is 5.97. The molecular formula is C15H21N3O3. The molecule has 0 aliphatic carbocycles. The summed E-state index contributed by atoms with van der Waals surface area (Å²) in [6.07, 6.45) is -0.557. The SMILES string of the molecule is Cc1cc(C)c(C(=O)N2CCOC(C(N)=NO)C2)c(C)c1. The van der Waals surface area contributed by atoms with E-state index in [1.807, 2.05) is 32.9 Å². The third-order valence-electron chi connectivity index (χ3n) is 3.69. The lowest BCUT2D eigenvalue weighted by Gasteiger charge is -2.33. The number of aryl methyl sites for hydroxylation is 3. The standard InChI is InChI=1S/C15H21N3O3/c1-9-6-10(2)13(11(3)7-9)15(19)18-4-5-21-12(8-18)14(16)17-20/h6-7,12,20H,4-5,8H2,1-3H3,(H2,16,17). The Hall–Kier alpha value is -2.08. The van der Waals surface area contributed by atoms with Gasteiger partial charge in [-0.3, -0.25) is 4.79 Å². The third-order valence-corrected chi connectivity index (χ3v) is 3.69. The molecule has 1 fully saturated rings. The molecule has 1 unspecified atom stereocenters. The van der Waals surface area contributed by atoms with Crippen LogP contribution in [0, 0.1) is 20.8 Å². The van der Waals surface area contributed by atoms with Crippen LogP contribution in [0.5, 0.6) is 0 Å². The largest absolute Gasteiger partial charge is 0.409 e. The van der Waals surface area contributed by atoms with Crippen LogP contribution in [-0.2, 0) is 4.74 Å². The lowest BCUT2D eigenvalue weighted by molar-refractivity contribution is 0.00668. The van der Waals surface area contributed by atoms with Crippen LogP contribution in [0.3, 0.4) is 0 Å². The number of morpholine rings is 1. The summed E-state index contributed by atoms with van der Waals surface area (Å²) in [6, 6.07) is 4.00. The van der Waals surface area contributed by atoms with E-state index >= 15 is 0 Å². The number of benzene rings is 1. The number of oxime groups is 1. The first-order valence-corrected chi connectivity index (χ1v) is 6.90. The quantitative estimate of drug-likeness (QED) is 0.371. The number of rotatable bonds is 2. The van der Waals surface area contributed by atoms with Gasteiger partial charge in [0.2, 0.25) is 0 Å². The van der Waals surface area contributed by atoms with Gasteiger partial charge in [0.25, 0.3) is 5.91 Å². The molecule has 1 aromatic rings. The second-order valence-electron chi connectivity index (χ2n) is 5.41. The Labute approximate surface area is 124 Å². The topological polar surface area (TPSA) is 88.2 Å². The number of hydrogen-bond acceptors (Lipinski definition) is 4. The van der Waals surface area contributed by atoms with Crippen molar-refractivity contribution in [1.29, 1.82) is 0 Å². The van der Waals surface area contributed by atoms with Gasteiger partial charge in [-0.05, 0) is 31.9 Å². The third kappa shape index (κ3) is 3.16. The van der Waals surface area contributed by atoms with Gasteiger partial charge in [-0.15, -0.1) is 0 Å². The molecule has 1 aromatic carbocycles. The molecule has 1 aliphatic heterocycles. The molecule has 1 aliphatic rings. The normalized spacial score (nSPS) is 19.7. The van der Waals surface area contributed by atoms with Crippen LogP contribution < -0.4 is 5.73 Å². The second-order valence-corrected chi connectivity index (χ2v) is 5.41. The molecule has 1 heterocycles. The number of nitrogens with two attached hydrogens (primary N) is 1. The summed E-state index contributed by atoms with van der Waals surface area (Å²) in [6.45, 7) is 7.06. The highest BCUT2D eigenvalue weighted by Gasteiger charge is 2.29. The molecule has 3 N–H and O–H groups in total. The van der Waals surface area contributed by atoms with Crippen LogP contribution in [0.15, 0.2) is 17.3 Å². The zero-order valence-corrected chi connectivity index (χ0v) is 12.6. The summed E-state index contributed by atoms with van der Waals surface area (Å²) in [4.78, 5) is 14.4. The number of nitrogens with zero attached hydrogens (tertiary/aromatic N) is 2. The van der Waals surface area contributed by atoms with E-state index in [0.29, 0.717) is 19.7 Å². The number of amides is 1. The average Bonchev–Trinajstić information content (AvgIpc) is 2.45. The maximum atomic E-state index is 12.7. The van der Waals surface area contributed by atoms with E-state index in [-0.39, 0.29) is 11.7 Å². The molecule has 0 spiro atoms. The van der Waals surface area contributed by atoms with Crippen molar-refractivity contribution in [3.05, 3.63) is 34.4 Å². The summed E-state index contributed by atoms with van der Waals surface area (Å²) in [7, 11) is 0. The smallest absolute Gasteiger partial charge is 0.254 e. The summed E-state index contributed by atoms with van der Waals surface area (Å²) >= 11 is 0. The molecule has 6 heteroatoms. The first kappa shape index (κ1) is 15.3. The van der Waals surface area contributed by atoms with Crippen LogP contribution >= 0.6 is 0 Å². The van der Waals surface area contributed by atoms with E-state index < -0.39 is 6.10 Å². The maximum absolute atomic E-state index is 12.7. The van der Waals surface area contributed by atoms with E-state index in [2.05, 4.69) is 5.16 Å². The van der Waals surface area contributed by atoms with E-state index in [9.17, 15) is 4.79 Å². The van der Waals surface area contributed by atoms with Gasteiger partial charge < -0.3 is 20.6 Å². The minimum Gasteiger partial charge on any atom is -0.409 e. The minimum atomic E-state index is -0.557. The molecule has 2 rings (SSSR count). The van der Waals surface area contributed by atoms with Gasteiger partial charge in [0.1, 0.15) is 6.10 Å². The highest BCUT2D eigenvalue weighted by atomic mass is 16.5. The van der Waals surface area contributed by atoms with E-state index in [0.717, 1.165) is 22.3 Å². The lowest BCUT2D eigenvalue weighted by Crippen LogP contribution is -2.50. The van der Waals surface area contributed by atoms with Crippen molar-refractivity contribution < 1.29 is 14.7 Å². The van der Waals surface area contributed by atoms with Gasteiger partial charge in [-0.1, -0.05) is 22.9 Å². The Morgan fingerprint density at radius 3 is 2.57 bits per heavy atom. The number of ether oxygens (including phenoxy) is 1. The molecule has 0 saturated carbocycles. The lowest BCUT2D eigenvalue weighted by atomic mass is 9.98. The average molecular weight is 291 g/mol. The predicted molar refractivity (Wildman–Crippen MR) is 79.7 cm³/mol. The number of amidine groups is 1. The molecule has 21 heavy (non-hydrogen) atoms. The Morgan fingerprint density at radius 2 is 2.00 bits per heavy atom. The monoisotopic (exact) mass is 291 g/mol. The van der Waals surface area contributed by atoms with E-state index in [1.165, 1.54) is 0 Å². The predicted octanol–water partition coefficient (Wildman–Crippen LogP) is 1.20. The Bertz CT molecular complexity index is 561. The summed E-state index contributed by atoms with van der Waals surface area (Å²) in [5.41, 5.74) is 9.35. The Balaban J connectivity index is 2.24. The molecule has 1 atom stereocenters. The molecule has 0 bridgehead atoms. The van der Waals surface area contributed by atoms with Crippen LogP contribution in [0.25, 0.3) is 0 Å². The Kier molecular flexibility index (Phi) is 4.47. The maximum Gasteiger partial charge on any atom is 0.254 e. The first-order valence-electron chi connectivity index (χ1n) is 6.90. The molecule has 0 radical (unpaired) electrons. The zero-order chi connectivity index (χ0) is 15.6. The zero-order valence-electron chi connectivity index (χ0n) is 12.6. The Morgan fingerprint density at radius 1 is 1.38 bits per heavy atom. The molecule has 1 amide bonds. The van der Waals surface area contributed by atoms with Crippen molar-refractivity contribution in [1.82, 2.24) is 4.90 Å². The van der Waals surface area contributed by atoms with Gasteiger partial charge in [0.15, 0.2) is 5.84 Å². The van der Waals surface area contributed by atoms with Crippen molar-refractivity contribution in [3.8, 4) is 0 Å². The molecular weight excluding hydrogens is 270 g/mol. The molecule has 6 nitrogen and oxygen atoms in total. The van der Waals surface area contributed by atoms with Crippen LogP contribution in [-0.4, -0.2) is 47.7 Å². The molecule has 0 aromatic heterocycles. The van der Waals surface area contributed by atoms with Gasteiger partial charge in [0.05, 0.1) is 13.2 Å².